The van der Waals surface area contributed by atoms with E-state index in [-0.39, 0.29) is 0 Å². The van der Waals surface area contributed by atoms with Gasteiger partial charge in [-0.2, -0.15) is 0 Å². The molecule has 6 unspecified atom stereocenters. The van der Waals surface area contributed by atoms with E-state index in [0.717, 1.165) is 36.2 Å². The van der Waals surface area contributed by atoms with Crippen LogP contribution in [0.1, 0.15) is 93.4 Å². The standard InChI is InChI=1S/C20H32O.C5H12/c1-20(2,3)14-8-10-15-13(11-14)7-9-16-17-5-4-6-19(17)21-12-18(15)16;1-5(2,3)4/h7,14-19H,4-6,8-12H2,1-3H3;1-4H3. The summed E-state index contributed by atoms with van der Waals surface area (Å²) in [5, 5.41) is 0. The molecule has 1 aliphatic heterocycles. The van der Waals surface area contributed by atoms with Gasteiger partial charge in [-0.1, -0.05) is 66.5 Å². The maximum atomic E-state index is 6.29. The molecule has 1 heterocycles. The Hall–Kier alpha value is -0.300. The molecule has 0 bridgehead atoms. The quantitative estimate of drug-likeness (QED) is 0.413. The summed E-state index contributed by atoms with van der Waals surface area (Å²) in [6.07, 6.45) is 13.1. The van der Waals surface area contributed by atoms with E-state index in [2.05, 4.69) is 54.5 Å². The molecule has 0 radical (unpaired) electrons. The number of rotatable bonds is 0. The van der Waals surface area contributed by atoms with Gasteiger partial charge in [-0.25, -0.2) is 0 Å². The summed E-state index contributed by atoms with van der Waals surface area (Å²) in [5.41, 5.74) is 2.78. The van der Waals surface area contributed by atoms with E-state index in [1.54, 1.807) is 0 Å². The highest BCUT2D eigenvalue weighted by Crippen LogP contribution is 2.54. The van der Waals surface area contributed by atoms with Crippen molar-refractivity contribution in [3.8, 4) is 0 Å². The van der Waals surface area contributed by atoms with E-state index < -0.39 is 0 Å². The number of hydrogen-bond acceptors (Lipinski definition) is 1. The molecule has 1 nitrogen and oxygen atoms in total. The van der Waals surface area contributed by atoms with Crippen LogP contribution in [0, 0.1) is 40.4 Å². The van der Waals surface area contributed by atoms with Gasteiger partial charge in [0, 0.05) is 0 Å². The summed E-state index contributed by atoms with van der Waals surface area (Å²) >= 11 is 0. The van der Waals surface area contributed by atoms with Gasteiger partial charge in [0.25, 0.3) is 0 Å². The van der Waals surface area contributed by atoms with Gasteiger partial charge >= 0.3 is 0 Å². The van der Waals surface area contributed by atoms with Gasteiger partial charge in [-0.05, 0) is 78.9 Å². The largest absolute Gasteiger partial charge is 0.378 e. The van der Waals surface area contributed by atoms with Gasteiger partial charge in [0.15, 0.2) is 0 Å². The highest BCUT2D eigenvalue weighted by atomic mass is 16.5. The Labute approximate surface area is 163 Å². The zero-order valence-corrected chi connectivity index (χ0v) is 18.6. The second kappa shape index (κ2) is 7.61. The Morgan fingerprint density at radius 1 is 0.846 bits per heavy atom. The average molecular weight is 361 g/mol. The topological polar surface area (TPSA) is 9.23 Å². The second-order valence-electron chi connectivity index (χ2n) is 12.3. The molecule has 0 amide bonds. The van der Waals surface area contributed by atoms with E-state index in [1.165, 1.54) is 44.9 Å². The Morgan fingerprint density at radius 2 is 1.54 bits per heavy atom. The number of allylic oxidation sites excluding steroid dienone is 2. The lowest BCUT2D eigenvalue weighted by Crippen LogP contribution is -2.46. The first-order valence-electron chi connectivity index (χ1n) is 11.3. The minimum atomic E-state index is 0.474. The fourth-order valence-corrected chi connectivity index (χ4v) is 5.95. The monoisotopic (exact) mass is 360 g/mol. The lowest BCUT2D eigenvalue weighted by molar-refractivity contribution is -0.0964. The van der Waals surface area contributed by atoms with E-state index in [0.29, 0.717) is 16.9 Å². The summed E-state index contributed by atoms with van der Waals surface area (Å²) in [6, 6.07) is 0. The third kappa shape index (κ3) is 4.75. The zero-order chi connectivity index (χ0) is 19.1. The Balaban J connectivity index is 0.000000349. The third-order valence-electron chi connectivity index (χ3n) is 7.28. The lowest BCUT2D eigenvalue weighted by atomic mass is 9.58. The molecular formula is C25H44O. The zero-order valence-electron chi connectivity index (χ0n) is 18.6. The fourth-order valence-electron chi connectivity index (χ4n) is 5.95. The van der Waals surface area contributed by atoms with Crippen LogP contribution >= 0.6 is 0 Å². The molecule has 0 N–H and O–H groups in total. The van der Waals surface area contributed by atoms with Crippen LogP contribution in [0.5, 0.6) is 0 Å². The molecule has 0 aromatic rings. The minimum absolute atomic E-state index is 0.474. The number of ether oxygens (including phenoxy) is 1. The molecule has 0 aromatic heterocycles. The van der Waals surface area contributed by atoms with Crippen molar-refractivity contribution in [1.29, 1.82) is 0 Å². The molecule has 0 spiro atoms. The van der Waals surface area contributed by atoms with Crippen molar-refractivity contribution in [1.82, 2.24) is 0 Å². The predicted octanol–water partition coefficient (Wildman–Crippen LogP) is 7.26. The van der Waals surface area contributed by atoms with Gasteiger partial charge in [0.2, 0.25) is 0 Å². The molecule has 3 aliphatic carbocycles. The molecule has 2 saturated carbocycles. The molecule has 1 heteroatoms. The normalized spacial score (nSPS) is 39.7. The molecular weight excluding hydrogens is 316 g/mol. The molecule has 0 aromatic carbocycles. The lowest BCUT2D eigenvalue weighted by Gasteiger charge is -2.50. The smallest absolute Gasteiger partial charge is 0.0606 e. The fraction of sp³-hybridized carbons (Fsp3) is 0.920. The molecule has 4 rings (SSSR count). The van der Waals surface area contributed by atoms with Crippen molar-refractivity contribution in [2.75, 3.05) is 6.61 Å². The Bertz CT molecular complexity index is 497. The average Bonchev–Trinajstić information content (AvgIpc) is 3.00. The van der Waals surface area contributed by atoms with Crippen LogP contribution in [0.3, 0.4) is 0 Å². The van der Waals surface area contributed by atoms with Crippen molar-refractivity contribution in [3.05, 3.63) is 11.6 Å². The summed E-state index contributed by atoms with van der Waals surface area (Å²) < 4.78 is 6.29. The van der Waals surface area contributed by atoms with Crippen molar-refractivity contribution >= 4 is 0 Å². The van der Waals surface area contributed by atoms with Gasteiger partial charge in [0.1, 0.15) is 0 Å². The minimum Gasteiger partial charge on any atom is -0.378 e. The van der Waals surface area contributed by atoms with Crippen LogP contribution in [0.4, 0.5) is 0 Å². The van der Waals surface area contributed by atoms with Crippen LogP contribution in [0.2, 0.25) is 0 Å². The van der Waals surface area contributed by atoms with E-state index in [4.69, 9.17) is 4.74 Å². The van der Waals surface area contributed by atoms with Crippen LogP contribution < -0.4 is 0 Å². The van der Waals surface area contributed by atoms with E-state index in [9.17, 15) is 0 Å². The van der Waals surface area contributed by atoms with Crippen LogP contribution in [0.25, 0.3) is 0 Å². The van der Waals surface area contributed by atoms with Crippen LogP contribution in [-0.2, 0) is 4.74 Å². The number of fused-ring (bicyclic) bond motifs is 5. The van der Waals surface area contributed by atoms with Crippen LogP contribution in [0.15, 0.2) is 11.6 Å². The van der Waals surface area contributed by atoms with Crippen molar-refractivity contribution < 1.29 is 4.74 Å². The second-order valence-corrected chi connectivity index (χ2v) is 12.3. The van der Waals surface area contributed by atoms with Crippen LogP contribution in [-0.4, -0.2) is 12.7 Å². The molecule has 26 heavy (non-hydrogen) atoms. The van der Waals surface area contributed by atoms with Crippen molar-refractivity contribution in [2.45, 2.75) is 99.5 Å². The van der Waals surface area contributed by atoms with Crippen molar-refractivity contribution in [3.63, 3.8) is 0 Å². The van der Waals surface area contributed by atoms with E-state index >= 15 is 0 Å². The van der Waals surface area contributed by atoms with Gasteiger partial charge in [0.05, 0.1) is 12.7 Å². The number of hydrogen-bond donors (Lipinski definition) is 0. The first-order chi connectivity index (χ1) is 12.0. The summed E-state index contributed by atoms with van der Waals surface area (Å²) in [4.78, 5) is 0. The summed E-state index contributed by atoms with van der Waals surface area (Å²) in [6.45, 7) is 17.1. The highest BCUT2D eigenvalue weighted by molar-refractivity contribution is 5.19. The van der Waals surface area contributed by atoms with Gasteiger partial charge < -0.3 is 4.74 Å². The van der Waals surface area contributed by atoms with E-state index in [1.807, 2.05) is 5.57 Å². The Kier molecular flexibility index (Phi) is 5.98. The Morgan fingerprint density at radius 3 is 2.19 bits per heavy atom. The molecule has 1 saturated heterocycles. The van der Waals surface area contributed by atoms with Gasteiger partial charge in [-0.3, -0.25) is 0 Å². The maximum Gasteiger partial charge on any atom is 0.0606 e. The summed E-state index contributed by atoms with van der Waals surface area (Å²) in [5.74, 6) is 4.45. The SMILES string of the molecule is CC(C)(C)C.CC(C)(C)C1CCC2C(=CCC3C4CCCC4OCC23)C1. The highest BCUT2D eigenvalue weighted by Gasteiger charge is 2.48. The third-order valence-corrected chi connectivity index (χ3v) is 7.28. The van der Waals surface area contributed by atoms with Gasteiger partial charge in [-0.15, -0.1) is 0 Å². The van der Waals surface area contributed by atoms with Crippen molar-refractivity contribution in [2.24, 2.45) is 40.4 Å². The first kappa shape index (κ1) is 20.4. The molecule has 6 atom stereocenters. The molecule has 4 aliphatic rings. The molecule has 3 fully saturated rings. The summed E-state index contributed by atoms with van der Waals surface area (Å²) in [7, 11) is 0. The maximum absolute atomic E-state index is 6.29. The molecule has 150 valence electrons. The predicted molar refractivity (Wildman–Crippen MR) is 112 cm³/mol. The first-order valence-corrected chi connectivity index (χ1v) is 11.3.